The second kappa shape index (κ2) is 7.15. The third-order valence-electron chi connectivity index (χ3n) is 4.02. The third kappa shape index (κ3) is 3.90. The van der Waals surface area contributed by atoms with Gasteiger partial charge in [0.25, 0.3) is 5.89 Å². The fraction of sp³-hybridized carbons (Fsp3) is 0.600. The van der Waals surface area contributed by atoms with Crippen LogP contribution in [0.4, 0.5) is 0 Å². The molecular formula is C15H22N4OS. The molecule has 6 heteroatoms. The Morgan fingerprint density at radius 3 is 3.00 bits per heavy atom. The Morgan fingerprint density at radius 2 is 2.29 bits per heavy atom. The molecule has 0 amide bonds. The monoisotopic (exact) mass is 306 g/mol. The SMILES string of the molecule is CCN(Cc1noc(-c2ccsc2)n1)CC1CCNCC1. The fourth-order valence-electron chi connectivity index (χ4n) is 2.76. The van der Waals surface area contributed by atoms with E-state index >= 15 is 0 Å². The largest absolute Gasteiger partial charge is 0.334 e. The van der Waals surface area contributed by atoms with Gasteiger partial charge < -0.3 is 9.84 Å². The van der Waals surface area contributed by atoms with Crippen molar-refractivity contribution in [2.75, 3.05) is 26.2 Å². The Bertz CT molecular complexity index is 534. The number of hydrogen-bond acceptors (Lipinski definition) is 6. The standard InChI is InChI=1S/C15H22N4OS/c1-2-19(9-12-3-6-16-7-4-12)10-14-17-15(20-18-14)13-5-8-21-11-13/h5,8,11-12,16H,2-4,6-7,9-10H2,1H3. The number of nitrogens with one attached hydrogen (secondary N) is 1. The highest BCUT2D eigenvalue weighted by atomic mass is 32.1. The number of rotatable bonds is 6. The molecule has 1 aliphatic heterocycles. The molecule has 0 aliphatic carbocycles. The van der Waals surface area contributed by atoms with Crippen LogP contribution < -0.4 is 5.32 Å². The Balaban J connectivity index is 1.58. The second-order valence-corrected chi connectivity index (χ2v) is 6.33. The highest BCUT2D eigenvalue weighted by Crippen LogP contribution is 2.20. The van der Waals surface area contributed by atoms with E-state index in [9.17, 15) is 0 Å². The molecule has 1 N–H and O–H groups in total. The van der Waals surface area contributed by atoms with E-state index in [-0.39, 0.29) is 0 Å². The number of piperidine rings is 1. The van der Waals surface area contributed by atoms with Crippen LogP contribution in [0.25, 0.3) is 11.5 Å². The Kier molecular flexibility index (Phi) is 5.00. The molecule has 1 saturated heterocycles. The second-order valence-electron chi connectivity index (χ2n) is 5.55. The van der Waals surface area contributed by atoms with E-state index in [2.05, 4.69) is 27.3 Å². The molecule has 0 radical (unpaired) electrons. The molecule has 0 unspecified atom stereocenters. The zero-order valence-electron chi connectivity index (χ0n) is 12.4. The zero-order chi connectivity index (χ0) is 14.5. The molecule has 2 aromatic heterocycles. The summed E-state index contributed by atoms with van der Waals surface area (Å²) >= 11 is 1.64. The molecule has 0 bridgehead atoms. The summed E-state index contributed by atoms with van der Waals surface area (Å²) in [5.41, 5.74) is 1.01. The van der Waals surface area contributed by atoms with Crippen molar-refractivity contribution in [3.05, 3.63) is 22.7 Å². The van der Waals surface area contributed by atoms with E-state index in [1.165, 1.54) is 12.8 Å². The van der Waals surface area contributed by atoms with Gasteiger partial charge in [-0.15, -0.1) is 0 Å². The first-order valence-corrected chi connectivity index (χ1v) is 8.57. The predicted molar refractivity (Wildman–Crippen MR) is 84.2 cm³/mol. The Labute approximate surface area is 129 Å². The van der Waals surface area contributed by atoms with Crippen LogP contribution in [-0.2, 0) is 6.54 Å². The number of hydrogen-bond donors (Lipinski definition) is 1. The topological polar surface area (TPSA) is 54.2 Å². The molecule has 114 valence electrons. The van der Waals surface area contributed by atoms with Crippen LogP contribution in [0.2, 0.25) is 0 Å². The van der Waals surface area contributed by atoms with Crippen LogP contribution in [0.15, 0.2) is 21.3 Å². The molecular weight excluding hydrogens is 284 g/mol. The predicted octanol–water partition coefficient (Wildman–Crippen LogP) is 2.62. The van der Waals surface area contributed by atoms with Crippen LogP contribution in [-0.4, -0.2) is 41.2 Å². The maximum atomic E-state index is 5.35. The van der Waals surface area contributed by atoms with Crippen molar-refractivity contribution < 1.29 is 4.52 Å². The maximum absolute atomic E-state index is 5.35. The lowest BCUT2D eigenvalue weighted by Crippen LogP contribution is -2.36. The van der Waals surface area contributed by atoms with Gasteiger partial charge in [0.1, 0.15) is 0 Å². The fourth-order valence-corrected chi connectivity index (χ4v) is 3.39. The minimum Gasteiger partial charge on any atom is -0.334 e. The minimum absolute atomic E-state index is 0.629. The smallest absolute Gasteiger partial charge is 0.258 e. The van der Waals surface area contributed by atoms with Gasteiger partial charge in [-0.05, 0) is 49.8 Å². The number of aromatic nitrogens is 2. The number of nitrogens with zero attached hydrogens (tertiary/aromatic N) is 3. The summed E-state index contributed by atoms with van der Waals surface area (Å²) in [7, 11) is 0. The van der Waals surface area contributed by atoms with E-state index in [0.29, 0.717) is 5.89 Å². The van der Waals surface area contributed by atoms with Gasteiger partial charge in [-0.1, -0.05) is 12.1 Å². The first kappa shape index (κ1) is 14.7. The first-order valence-electron chi connectivity index (χ1n) is 7.63. The molecule has 5 nitrogen and oxygen atoms in total. The minimum atomic E-state index is 0.629. The Morgan fingerprint density at radius 1 is 1.43 bits per heavy atom. The van der Waals surface area contributed by atoms with Crippen LogP contribution in [0.1, 0.15) is 25.6 Å². The summed E-state index contributed by atoms with van der Waals surface area (Å²) in [6.45, 7) is 7.40. The van der Waals surface area contributed by atoms with E-state index in [0.717, 1.165) is 50.0 Å². The van der Waals surface area contributed by atoms with Crippen LogP contribution in [0.5, 0.6) is 0 Å². The summed E-state index contributed by atoms with van der Waals surface area (Å²) < 4.78 is 5.35. The maximum Gasteiger partial charge on any atom is 0.258 e. The Hall–Kier alpha value is -1.24. The molecule has 1 aliphatic rings. The van der Waals surface area contributed by atoms with Gasteiger partial charge in [0.2, 0.25) is 0 Å². The van der Waals surface area contributed by atoms with Gasteiger partial charge in [-0.3, -0.25) is 4.90 Å². The average Bonchev–Trinajstić information content (AvgIpc) is 3.18. The molecule has 21 heavy (non-hydrogen) atoms. The summed E-state index contributed by atoms with van der Waals surface area (Å²) in [5, 5.41) is 11.6. The van der Waals surface area contributed by atoms with Crippen LogP contribution >= 0.6 is 11.3 Å². The van der Waals surface area contributed by atoms with Crippen molar-refractivity contribution in [3.63, 3.8) is 0 Å². The van der Waals surface area contributed by atoms with Gasteiger partial charge in [-0.2, -0.15) is 16.3 Å². The lowest BCUT2D eigenvalue weighted by molar-refractivity contribution is 0.201. The summed E-state index contributed by atoms with van der Waals surface area (Å²) in [5.74, 6) is 2.20. The van der Waals surface area contributed by atoms with Gasteiger partial charge in [0.15, 0.2) is 5.82 Å². The van der Waals surface area contributed by atoms with E-state index < -0.39 is 0 Å². The van der Waals surface area contributed by atoms with Crippen LogP contribution in [0.3, 0.4) is 0 Å². The number of thiophene rings is 1. The molecule has 2 aromatic rings. The highest BCUT2D eigenvalue weighted by molar-refractivity contribution is 7.08. The molecule has 0 saturated carbocycles. The zero-order valence-corrected chi connectivity index (χ0v) is 13.2. The lowest BCUT2D eigenvalue weighted by atomic mass is 9.97. The van der Waals surface area contributed by atoms with E-state index in [1.54, 1.807) is 11.3 Å². The normalized spacial score (nSPS) is 16.7. The van der Waals surface area contributed by atoms with Crippen molar-refractivity contribution in [2.24, 2.45) is 5.92 Å². The van der Waals surface area contributed by atoms with Crippen molar-refractivity contribution >= 4 is 11.3 Å². The van der Waals surface area contributed by atoms with E-state index in [4.69, 9.17) is 4.52 Å². The van der Waals surface area contributed by atoms with Gasteiger partial charge in [0.05, 0.1) is 12.1 Å². The molecule has 0 aromatic carbocycles. The van der Waals surface area contributed by atoms with Gasteiger partial charge in [-0.25, -0.2) is 0 Å². The summed E-state index contributed by atoms with van der Waals surface area (Å²) in [6.07, 6.45) is 2.53. The van der Waals surface area contributed by atoms with Crippen molar-refractivity contribution in [2.45, 2.75) is 26.3 Å². The molecule has 0 atom stereocenters. The third-order valence-corrected chi connectivity index (χ3v) is 4.71. The first-order chi connectivity index (χ1) is 10.3. The molecule has 3 heterocycles. The van der Waals surface area contributed by atoms with Crippen molar-refractivity contribution in [3.8, 4) is 11.5 Å². The molecule has 1 fully saturated rings. The molecule has 3 rings (SSSR count). The molecule has 0 spiro atoms. The summed E-state index contributed by atoms with van der Waals surface area (Å²) in [4.78, 5) is 6.92. The average molecular weight is 306 g/mol. The van der Waals surface area contributed by atoms with E-state index in [1.807, 2.05) is 16.8 Å². The van der Waals surface area contributed by atoms with Gasteiger partial charge >= 0.3 is 0 Å². The van der Waals surface area contributed by atoms with Crippen molar-refractivity contribution in [1.82, 2.24) is 20.4 Å². The quantitative estimate of drug-likeness (QED) is 0.889. The summed E-state index contributed by atoms with van der Waals surface area (Å²) in [6, 6.07) is 2.01. The van der Waals surface area contributed by atoms with Crippen molar-refractivity contribution in [1.29, 1.82) is 0 Å². The highest BCUT2D eigenvalue weighted by Gasteiger charge is 2.18. The lowest BCUT2D eigenvalue weighted by Gasteiger charge is -2.28. The van der Waals surface area contributed by atoms with Gasteiger partial charge in [0, 0.05) is 11.9 Å². The van der Waals surface area contributed by atoms with Crippen LogP contribution in [0, 0.1) is 5.92 Å².